The van der Waals surface area contributed by atoms with E-state index in [4.69, 9.17) is 10.3 Å². The van der Waals surface area contributed by atoms with Gasteiger partial charge in [-0.15, -0.1) is 0 Å². The van der Waals surface area contributed by atoms with Crippen LogP contribution in [0.1, 0.15) is 58.2 Å². The van der Waals surface area contributed by atoms with E-state index in [-0.39, 0.29) is 11.0 Å². The molecule has 2 aliphatic carbocycles. The Morgan fingerprint density at radius 2 is 2.12 bits per heavy atom. The van der Waals surface area contributed by atoms with Crippen molar-refractivity contribution < 1.29 is 4.52 Å². The summed E-state index contributed by atoms with van der Waals surface area (Å²) in [7, 11) is 0. The SMILES string of the molecule is CC(C)(C)c1nc(C2(N)CC3CCC2C3)no1. The van der Waals surface area contributed by atoms with Crippen LogP contribution in [0.25, 0.3) is 0 Å². The monoisotopic (exact) mass is 235 g/mol. The van der Waals surface area contributed by atoms with Gasteiger partial charge in [0.25, 0.3) is 0 Å². The number of nitrogens with zero attached hydrogens (tertiary/aromatic N) is 2. The third-order valence-corrected chi connectivity index (χ3v) is 4.38. The zero-order chi connectivity index (χ0) is 12.3. The standard InChI is InChI=1S/C13H21N3O/c1-12(2,3)11-15-10(16-17-11)13(14)7-8-4-5-9(13)6-8/h8-9H,4-7,14H2,1-3H3. The van der Waals surface area contributed by atoms with E-state index in [1.807, 2.05) is 0 Å². The van der Waals surface area contributed by atoms with Gasteiger partial charge >= 0.3 is 0 Å². The third-order valence-electron chi connectivity index (χ3n) is 4.38. The molecule has 3 atom stereocenters. The largest absolute Gasteiger partial charge is 0.339 e. The highest BCUT2D eigenvalue weighted by Crippen LogP contribution is 2.53. The molecule has 2 aliphatic rings. The molecular formula is C13H21N3O. The van der Waals surface area contributed by atoms with E-state index in [9.17, 15) is 0 Å². The molecule has 2 saturated carbocycles. The summed E-state index contributed by atoms with van der Waals surface area (Å²) in [6.45, 7) is 6.23. The molecule has 4 nitrogen and oxygen atoms in total. The number of nitrogens with two attached hydrogens (primary N) is 1. The predicted molar refractivity (Wildman–Crippen MR) is 64.3 cm³/mol. The molecule has 1 aromatic heterocycles. The molecule has 2 N–H and O–H groups in total. The molecule has 0 amide bonds. The van der Waals surface area contributed by atoms with Gasteiger partial charge in [-0.05, 0) is 31.1 Å². The van der Waals surface area contributed by atoms with Crippen molar-refractivity contribution in [1.29, 1.82) is 0 Å². The van der Waals surface area contributed by atoms with E-state index in [0.29, 0.717) is 11.8 Å². The molecule has 1 aromatic rings. The molecule has 0 saturated heterocycles. The fourth-order valence-corrected chi connectivity index (χ4v) is 3.36. The van der Waals surface area contributed by atoms with Gasteiger partial charge in [0.05, 0.1) is 5.54 Å². The van der Waals surface area contributed by atoms with Crippen LogP contribution >= 0.6 is 0 Å². The smallest absolute Gasteiger partial charge is 0.232 e. The van der Waals surface area contributed by atoms with E-state index in [1.165, 1.54) is 19.3 Å². The Bertz CT molecular complexity index is 434. The topological polar surface area (TPSA) is 64.9 Å². The van der Waals surface area contributed by atoms with Crippen LogP contribution in [-0.2, 0) is 11.0 Å². The summed E-state index contributed by atoms with van der Waals surface area (Å²) in [5, 5.41) is 4.14. The van der Waals surface area contributed by atoms with Gasteiger partial charge in [0.15, 0.2) is 5.82 Å². The van der Waals surface area contributed by atoms with Crippen LogP contribution < -0.4 is 5.73 Å². The van der Waals surface area contributed by atoms with Crippen LogP contribution in [0.2, 0.25) is 0 Å². The highest BCUT2D eigenvalue weighted by molar-refractivity contribution is 5.15. The molecule has 2 fully saturated rings. The van der Waals surface area contributed by atoms with Crippen LogP contribution in [0.4, 0.5) is 0 Å². The first-order valence-electron chi connectivity index (χ1n) is 6.53. The minimum Gasteiger partial charge on any atom is -0.339 e. The van der Waals surface area contributed by atoms with E-state index in [2.05, 4.69) is 30.9 Å². The van der Waals surface area contributed by atoms with Crippen molar-refractivity contribution in [2.24, 2.45) is 17.6 Å². The summed E-state index contributed by atoms with van der Waals surface area (Å²) in [4.78, 5) is 4.55. The lowest BCUT2D eigenvalue weighted by atomic mass is 9.81. The van der Waals surface area contributed by atoms with Gasteiger partial charge in [-0.25, -0.2) is 0 Å². The maximum Gasteiger partial charge on any atom is 0.232 e. The van der Waals surface area contributed by atoms with Gasteiger partial charge in [0.1, 0.15) is 0 Å². The molecule has 0 aliphatic heterocycles. The molecule has 94 valence electrons. The van der Waals surface area contributed by atoms with Crippen molar-refractivity contribution in [1.82, 2.24) is 10.1 Å². The lowest BCUT2D eigenvalue weighted by molar-refractivity contribution is 0.248. The Hall–Kier alpha value is -0.900. The molecule has 0 aromatic carbocycles. The van der Waals surface area contributed by atoms with E-state index in [0.717, 1.165) is 18.2 Å². The summed E-state index contributed by atoms with van der Waals surface area (Å²) < 4.78 is 5.37. The highest BCUT2D eigenvalue weighted by Gasteiger charge is 2.52. The van der Waals surface area contributed by atoms with Crippen molar-refractivity contribution >= 4 is 0 Å². The van der Waals surface area contributed by atoms with E-state index < -0.39 is 0 Å². The van der Waals surface area contributed by atoms with Crippen LogP contribution in [0, 0.1) is 11.8 Å². The molecule has 1 heterocycles. The Balaban J connectivity index is 1.92. The average Bonchev–Trinajstić information content (AvgIpc) is 2.90. The Morgan fingerprint density at radius 3 is 2.59 bits per heavy atom. The predicted octanol–water partition coefficient (Wildman–Crippen LogP) is 2.34. The quantitative estimate of drug-likeness (QED) is 0.811. The van der Waals surface area contributed by atoms with E-state index >= 15 is 0 Å². The van der Waals surface area contributed by atoms with Gasteiger partial charge in [-0.2, -0.15) is 4.98 Å². The second-order valence-electron chi connectivity index (χ2n) is 6.79. The van der Waals surface area contributed by atoms with Gasteiger partial charge in [0.2, 0.25) is 5.89 Å². The Morgan fingerprint density at radius 1 is 1.35 bits per heavy atom. The first-order chi connectivity index (χ1) is 7.89. The summed E-state index contributed by atoms with van der Waals surface area (Å²) in [5.74, 6) is 2.76. The summed E-state index contributed by atoms with van der Waals surface area (Å²) in [6.07, 6.45) is 4.82. The fraction of sp³-hybridized carbons (Fsp3) is 0.846. The van der Waals surface area contributed by atoms with Gasteiger partial charge < -0.3 is 10.3 Å². The first kappa shape index (κ1) is 11.2. The second-order valence-corrected chi connectivity index (χ2v) is 6.79. The van der Waals surface area contributed by atoms with Gasteiger partial charge in [-0.3, -0.25) is 0 Å². The zero-order valence-electron chi connectivity index (χ0n) is 10.9. The number of fused-ring (bicyclic) bond motifs is 2. The van der Waals surface area contributed by atoms with Crippen molar-refractivity contribution in [3.63, 3.8) is 0 Å². The van der Waals surface area contributed by atoms with Crippen LogP contribution in [0.15, 0.2) is 4.52 Å². The molecule has 0 spiro atoms. The average molecular weight is 235 g/mol. The minimum absolute atomic E-state index is 0.0980. The minimum atomic E-state index is -0.323. The number of hydrogen-bond donors (Lipinski definition) is 1. The van der Waals surface area contributed by atoms with Gasteiger partial charge in [-0.1, -0.05) is 32.3 Å². The normalized spacial score (nSPS) is 36.7. The molecule has 2 bridgehead atoms. The Kier molecular flexibility index (Phi) is 2.18. The molecule has 3 unspecified atom stereocenters. The van der Waals surface area contributed by atoms with Crippen LogP contribution in [0.3, 0.4) is 0 Å². The highest BCUT2D eigenvalue weighted by atomic mass is 16.5. The molecule has 17 heavy (non-hydrogen) atoms. The second kappa shape index (κ2) is 3.31. The fourth-order valence-electron chi connectivity index (χ4n) is 3.36. The third kappa shape index (κ3) is 1.61. The summed E-state index contributed by atoms with van der Waals surface area (Å²) >= 11 is 0. The Labute approximate surface area is 102 Å². The zero-order valence-corrected chi connectivity index (χ0v) is 10.9. The first-order valence-corrected chi connectivity index (χ1v) is 6.53. The van der Waals surface area contributed by atoms with Crippen molar-refractivity contribution in [3.8, 4) is 0 Å². The molecule has 0 radical (unpaired) electrons. The number of rotatable bonds is 1. The summed E-state index contributed by atoms with van der Waals surface area (Å²) in [5.41, 5.74) is 6.12. The maximum absolute atomic E-state index is 6.54. The molecule has 3 rings (SSSR count). The van der Waals surface area contributed by atoms with E-state index in [1.54, 1.807) is 0 Å². The lowest BCUT2D eigenvalue weighted by Gasteiger charge is -2.30. The van der Waals surface area contributed by atoms with Crippen molar-refractivity contribution in [3.05, 3.63) is 11.7 Å². The number of hydrogen-bond acceptors (Lipinski definition) is 4. The lowest BCUT2D eigenvalue weighted by Crippen LogP contribution is -2.43. The van der Waals surface area contributed by atoms with Crippen LogP contribution in [-0.4, -0.2) is 10.1 Å². The maximum atomic E-state index is 6.54. The number of aromatic nitrogens is 2. The van der Waals surface area contributed by atoms with Gasteiger partial charge in [0, 0.05) is 5.41 Å². The van der Waals surface area contributed by atoms with Crippen molar-refractivity contribution in [2.75, 3.05) is 0 Å². The molecular weight excluding hydrogens is 214 g/mol. The van der Waals surface area contributed by atoms with Crippen molar-refractivity contribution in [2.45, 2.75) is 57.4 Å². The van der Waals surface area contributed by atoms with Crippen LogP contribution in [0.5, 0.6) is 0 Å². The summed E-state index contributed by atoms with van der Waals surface area (Å²) in [6, 6.07) is 0. The molecule has 4 heteroatoms.